The Kier molecular flexibility index (Phi) is 3.59. The summed E-state index contributed by atoms with van der Waals surface area (Å²) in [6, 6.07) is 3.34. The first-order valence-corrected chi connectivity index (χ1v) is 4.47. The summed E-state index contributed by atoms with van der Waals surface area (Å²) in [6.45, 7) is 1.73. The molecule has 2 unspecified atom stereocenters. The fourth-order valence-electron chi connectivity index (χ4n) is 1.32. The Hall–Kier alpha value is -1.42. The Bertz CT molecular complexity index is 299. The van der Waals surface area contributed by atoms with Crippen molar-refractivity contribution in [2.24, 2.45) is 5.92 Å². The van der Waals surface area contributed by atoms with E-state index in [1.807, 2.05) is 0 Å². The Morgan fingerprint density at radius 3 is 2.79 bits per heavy atom. The van der Waals surface area contributed by atoms with Gasteiger partial charge in [0.2, 0.25) is 0 Å². The number of rotatable bonds is 4. The van der Waals surface area contributed by atoms with Crippen LogP contribution in [0, 0.1) is 5.92 Å². The van der Waals surface area contributed by atoms with Gasteiger partial charge in [-0.3, -0.25) is 9.78 Å². The molecule has 76 valence electrons. The van der Waals surface area contributed by atoms with Crippen molar-refractivity contribution >= 4 is 5.97 Å². The number of pyridine rings is 1. The zero-order valence-electron chi connectivity index (χ0n) is 7.92. The zero-order valence-corrected chi connectivity index (χ0v) is 7.92. The molecule has 0 aromatic carbocycles. The summed E-state index contributed by atoms with van der Waals surface area (Å²) in [4.78, 5) is 14.6. The monoisotopic (exact) mass is 195 g/mol. The van der Waals surface area contributed by atoms with Crippen molar-refractivity contribution in [2.75, 3.05) is 0 Å². The minimum atomic E-state index is -0.983. The van der Waals surface area contributed by atoms with E-state index in [0.29, 0.717) is 12.0 Å². The minimum Gasteiger partial charge on any atom is -0.481 e. The number of aliphatic hydroxyl groups excluding tert-OH is 1. The van der Waals surface area contributed by atoms with Gasteiger partial charge in [0.15, 0.2) is 0 Å². The minimum absolute atomic E-state index is 0.394. The van der Waals surface area contributed by atoms with Crippen LogP contribution in [0.3, 0.4) is 0 Å². The smallest absolute Gasteiger partial charge is 0.309 e. The molecule has 0 saturated carbocycles. The van der Waals surface area contributed by atoms with E-state index in [2.05, 4.69) is 4.98 Å². The van der Waals surface area contributed by atoms with Gasteiger partial charge < -0.3 is 10.2 Å². The second-order valence-electron chi connectivity index (χ2n) is 3.08. The third-order valence-corrected chi connectivity index (χ3v) is 2.16. The summed E-state index contributed by atoms with van der Waals surface area (Å²) in [6.07, 6.45) is 2.48. The van der Waals surface area contributed by atoms with Crippen molar-refractivity contribution in [1.29, 1.82) is 0 Å². The molecule has 0 aliphatic heterocycles. The first-order valence-electron chi connectivity index (χ1n) is 4.47. The lowest BCUT2D eigenvalue weighted by molar-refractivity contribution is -0.146. The van der Waals surface area contributed by atoms with E-state index in [1.54, 1.807) is 25.3 Å². The predicted octanol–water partition coefficient (Wildman–Crippen LogP) is 1.23. The molecule has 1 rings (SSSR count). The van der Waals surface area contributed by atoms with Gasteiger partial charge in [-0.1, -0.05) is 13.0 Å². The molecule has 2 N–H and O–H groups in total. The number of carbonyl (C=O) groups is 1. The van der Waals surface area contributed by atoms with Crippen LogP contribution in [-0.2, 0) is 4.79 Å². The molecular weight excluding hydrogens is 182 g/mol. The summed E-state index contributed by atoms with van der Waals surface area (Å²) < 4.78 is 0. The maximum absolute atomic E-state index is 10.8. The average molecular weight is 195 g/mol. The van der Waals surface area contributed by atoms with Crippen LogP contribution in [-0.4, -0.2) is 21.2 Å². The molecule has 0 bridgehead atoms. The highest BCUT2D eigenvalue weighted by Crippen LogP contribution is 2.23. The molecule has 1 aromatic rings. The Balaban J connectivity index is 2.83. The number of hydrogen-bond acceptors (Lipinski definition) is 3. The van der Waals surface area contributed by atoms with Gasteiger partial charge in [-0.15, -0.1) is 0 Å². The van der Waals surface area contributed by atoms with Crippen molar-refractivity contribution in [3.8, 4) is 0 Å². The van der Waals surface area contributed by atoms with E-state index in [4.69, 9.17) is 5.11 Å². The largest absolute Gasteiger partial charge is 0.481 e. The van der Waals surface area contributed by atoms with Gasteiger partial charge in [-0.25, -0.2) is 0 Å². The molecule has 1 heterocycles. The van der Waals surface area contributed by atoms with Gasteiger partial charge in [-0.05, 0) is 18.1 Å². The second kappa shape index (κ2) is 4.72. The number of hydrogen-bond donors (Lipinski definition) is 2. The molecule has 4 nitrogen and oxygen atoms in total. The van der Waals surface area contributed by atoms with Gasteiger partial charge >= 0.3 is 5.97 Å². The van der Waals surface area contributed by atoms with Crippen LogP contribution >= 0.6 is 0 Å². The average Bonchev–Trinajstić information content (AvgIpc) is 2.19. The maximum Gasteiger partial charge on any atom is 0.309 e. The highest BCUT2D eigenvalue weighted by Gasteiger charge is 2.25. The van der Waals surface area contributed by atoms with E-state index in [-0.39, 0.29) is 0 Å². The quantitative estimate of drug-likeness (QED) is 0.758. The molecule has 0 amide bonds. The number of carboxylic acid groups (broad SMARTS) is 1. The molecule has 4 heteroatoms. The Labute approximate surface area is 82.2 Å². The van der Waals surface area contributed by atoms with Gasteiger partial charge in [0.05, 0.1) is 12.0 Å². The standard InChI is InChI=1S/C10H13NO3/c1-2-8(10(13)14)9(12)7-4-3-5-11-6-7/h3-6,8-9,12H,2H2,1H3,(H,13,14). The molecule has 14 heavy (non-hydrogen) atoms. The maximum atomic E-state index is 10.8. The fourth-order valence-corrected chi connectivity index (χ4v) is 1.32. The number of aliphatic carboxylic acids is 1. The second-order valence-corrected chi connectivity index (χ2v) is 3.08. The third kappa shape index (κ3) is 2.29. The molecule has 0 radical (unpaired) electrons. The topological polar surface area (TPSA) is 70.4 Å². The first-order chi connectivity index (χ1) is 6.66. The number of aromatic nitrogens is 1. The lowest BCUT2D eigenvalue weighted by atomic mass is 9.95. The number of aliphatic hydroxyl groups is 1. The molecule has 0 fully saturated rings. The molecule has 0 saturated heterocycles. The van der Waals surface area contributed by atoms with Gasteiger partial charge in [-0.2, -0.15) is 0 Å². The van der Waals surface area contributed by atoms with Crippen LogP contribution in [0.4, 0.5) is 0 Å². The summed E-state index contributed by atoms with van der Waals surface area (Å²) in [7, 11) is 0. The van der Waals surface area contributed by atoms with Crippen molar-refractivity contribution < 1.29 is 15.0 Å². The number of nitrogens with zero attached hydrogens (tertiary/aromatic N) is 1. The summed E-state index contributed by atoms with van der Waals surface area (Å²) in [5, 5.41) is 18.6. The molecular formula is C10H13NO3. The summed E-state index contributed by atoms with van der Waals surface area (Å²) >= 11 is 0. The van der Waals surface area contributed by atoms with Gasteiger partial charge in [0.1, 0.15) is 0 Å². The van der Waals surface area contributed by atoms with Crippen molar-refractivity contribution in [1.82, 2.24) is 4.98 Å². The highest BCUT2D eigenvalue weighted by molar-refractivity contribution is 5.70. The SMILES string of the molecule is CCC(C(=O)O)C(O)c1cccnc1. The third-order valence-electron chi connectivity index (χ3n) is 2.16. The van der Waals surface area contributed by atoms with Crippen molar-refractivity contribution in [2.45, 2.75) is 19.4 Å². The summed E-state index contributed by atoms with van der Waals surface area (Å²) in [5.41, 5.74) is 0.543. The van der Waals surface area contributed by atoms with Gasteiger partial charge in [0, 0.05) is 12.4 Å². The van der Waals surface area contributed by atoms with E-state index >= 15 is 0 Å². The van der Waals surface area contributed by atoms with Crippen LogP contribution in [0.15, 0.2) is 24.5 Å². The molecule has 2 atom stereocenters. The Morgan fingerprint density at radius 2 is 2.36 bits per heavy atom. The van der Waals surface area contributed by atoms with E-state index in [1.165, 1.54) is 6.20 Å². The number of carboxylic acids is 1. The fraction of sp³-hybridized carbons (Fsp3) is 0.400. The van der Waals surface area contributed by atoms with Crippen LogP contribution in [0.1, 0.15) is 25.0 Å². The molecule has 1 aromatic heterocycles. The van der Waals surface area contributed by atoms with Crippen molar-refractivity contribution in [3.63, 3.8) is 0 Å². The Morgan fingerprint density at radius 1 is 1.64 bits per heavy atom. The first kappa shape index (κ1) is 10.7. The van der Waals surface area contributed by atoms with Gasteiger partial charge in [0.25, 0.3) is 0 Å². The van der Waals surface area contributed by atoms with E-state index < -0.39 is 18.0 Å². The van der Waals surface area contributed by atoms with Crippen LogP contribution in [0.5, 0.6) is 0 Å². The normalized spacial score (nSPS) is 14.7. The zero-order chi connectivity index (χ0) is 10.6. The molecule has 0 aliphatic carbocycles. The van der Waals surface area contributed by atoms with E-state index in [9.17, 15) is 9.90 Å². The van der Waals surface area contributed by atoms with Crippen molar-refractivity contribution in [3.05, 3.63) is 30.1 Å². The molecule has 0 spiro atoms. The highest BCUT2D eigenvalue weighted by atomic mass is 16.4. The lowest BCUT2D eigenvalue weighted by Crippen LogP contribution is -2.21. The molecule has 0 aliphatic rings. The van der Waals surface area contributed by atoms with Crippen LogP contribution < -0.4 is 0 Å². The van der Waals surface area contributed by atoms with Crippen LogP contribution in [0.25, 0.3) is 0 Å². The lowest BCUT2D eigenvalue weighted by Gasteiger charge is -2.17. The van der Waals surface area contributed by atoms with E-state index in [0.717, 1.165) is 0 Å². The predicted molar refractivity (Wildman–Crippen MR) is 50.6 cm³/mol. The van der Waals surface area contributed by atoms with Crippen LogP contribution in [0.2, 0.25) is 0 Å². The summed E-state index contributed by atoms with van der Waals surface area (Å²) in [5.74, 6) is -1.75.